The molecule has 0 bridgehead atoms. The van der Waals surface area contributed by atoms with E-state index in [2.05, 4.69) is 21.2 Å². The quantitative estimate of drug-likeness (QED) is 0.720. The molecule has 1 heterocycles. The first-order valence-corrected chi connectivity index (χ1v) is 8.36. The molecule has 0 aliphatic carbocycles. The van der Waals surface area contributed by atoms with E-state index < -0.39 is 5.97 Å². The Labute approximate surface area is 148 Å². The third-order valence-corrected chi connectivity index (χ3v) is 3.86. The molecule has 0 saturated heterocycles. The standard InChI is InChI=1S/C17H19BrN2O4/c1-2-20-10-13(18)9-15(20)17(23)19-8-7-12-3-5-14(6-4-12)24-11-16(21)22/h3-6,9-10H,2,7-8,11H2,1H3,(H,19,23)(H,21,22). The van der Waals surface area contributed by atoms with E-state index in [1.54, 1.807) is 18.2 Å². The molecule has 2 rings (SSSR count). The molecule has 7 heteroatoms. The second kappa shape index (κ2) is 8.54. The van der Waals surface area contributed by atoms with Gasteiger partial charge in [0.25, 0.3) is 5.91 Å². The Morgan fingerprint density at radius 3 is 2.62 bits per heavy atom. The Bertz CT molecular complexity index is 710. The summed E-state index contributed by atoms with van der Waals surface area (Å²) in [5, 5.41) is 11.5. The van der Waals surface area contributed by atoms with Gasteiger partial charge in [0.15, 0.2) is 6.61 Å². The van der Waals surface area contributed by atoms with Crippen LogP contribution in [0.1, 0.15) is 23.0 Å². The van der Waals surface area contributed by atoms with Crippen LogP contribution in [0.4, 0.5) is 0 Å². The van der Waals surface area contributed by atoms with E-state index in [0.717, 1.165) is 16.6 Å². The maximum Gasteiger partial charge on any atom is 0.341 e. The molecule has 0 aliphatic heterocycles. The average molecular weight is 395 g/mol. The number of nitrogens with zero attached hydrogens (tertiary/aromatic N) is 1. The molecular weight excluding hydrogens is 376 g/mol. The third-order valence-electron chi connectivity index (χ3n) is 3.42. The minimum absolute atomic E-state index is 0.107. The van der Waals surface area contributed by atoms with Crippen molar-refractivity contribution in [2.24, 2.45) is 0 Å². The number of carboxylic acids is 1. The highest BCUT2D eigenvalue weighted by Gasteiger charge is 2.11. The van der Waals surface area contributed by atoms with Crippen molar-refractivity contribution in [2.75, 3.05) is 13.2 Å². The van der Waals surface area contributed by atoms with Crippen LogP contribution >= 0.6 is 15.9 Å². The maximum atomic E-state index is 12.2. The smallest absolute Gasteiger partial charge is 0.341 e. The van der Waals surface area contributed by atoms with E-state index >= 15 is 0 Å². The fourth-order valence-electron chi connectivity index (χ4n) is 2.24. The molecule has 2 aromatic rings. The number of aliphatic carboxylic acids is 1. The van der Waals surface area contributed by atoms with Gasteiger partial charge in [-0.1, -0.05) is 12.1 Å². The van der Waals surface area contributed by atoms with Gasteiger partial charge in [-0.15, -0.1) is 0 Å². The van der Waals surface area contributed by atoms with Gasteiger partial charge >= 0.3 is 5.97 Å². The SMILES string of the molecule is CCn1cc(Br)cc1C(=O)NCCc1ccc(OCC(=O)O)cc1. The van der Waals surface area contributed by atoms with Gasteiger partial charge in [0, 0.05) is 23.8 Å². The zero-order valence-corrected chi connectivity index (χ0v) is 14.9. The molecule has 0 spiro atoms. The summed E-state index contributed by atoms with van der Waals surface area (Å²) in [6.07, 6.45) is 2.56. The Balaban J connectivity index is 1.83. The number of hydrogen-bond acceptors (Lipinski definition) is 3. The van der Waals surface area contributed by atoms with Crippen LogP contribution in [0.3, 0.4) is 0 Å². The number of carbonyl (C=O) groups excluding carboxylic acids is 1. The van der Waals surface area contributed by atoms with E-state index in [9.17, 15) is 9.59 Å². The maximum absolute atomic E-state index is 12.2. The van der Waals surface area contributed by atoms with Crippen LogP contribution in [0, 0.1) is 0 Å². The van der Waals surface area contributed by atoms with E-state index in [1.165, 1.54) is 0 Å². The van der Waals surface area contributed by atoms with Crippen molar-refractivity contribution >= 4 is 27.8 Å². The summed E-state index contributed by atoms with van der Waals surface area (Å²) in [7, 11) is 0. The third kappa shape index (κ3) is 5.13. The monoisotopic (exact) mass is 394 g/mol. The van der Waals surface area contributed by atoms with Crippen LogP contribution in [0.25, 0.3) is 0 Å². The number of nitrogens with one attached hydrogen (secondary N) is 1. The van der Waals surface area contributed by atoms with Crippen LogP contribution in [-0.2, 0) is 17.8 Å². The van der Waals surface area contributed by atoms with Gasteiger partial charge in [-0.25, -0.2) is 4.79 Å². The number of halogens is 1. The highest BCUT2D eigenvalue weighted by molar-refractivity contribution is 9.10. The van der Waals surface area contributed by atoms with Crippen LogP contribution in [-0.4, -0.2) is 34.7 Å². The molecule has 24 heavy (non-hydrogen) atoms. The minimum Gasteiger partial charge on any atom is -0.482 e. The van der Waals surface area contributed by atoms with Crippen molar-refractivity contribution in [3.8, 4) is 5.75 Å². The van der Waals surface area contributed by atoms with Crippen molar-refractivity contribution in [3.63, 3.8) is 0 Å². The van der Waals surface area contributed by atoms with Crippen LogP contribution in [0.5, 0.6) is 5.75 Å². The first-order chi connectivity index (χ1) is 11.5. The highest BCUT2D eigenvalue weighted by atomic mass is 79.9. The fraction of sp³-hybridized carbons (Fsp3) is 0.294. The molecule has 0 fully saturated rings. The predicted molar refractivity (Wildman–Crippen MR) is 93.4 cm³/mol. The molecule has 2 N–H and O–H groups in total. The van der Waals surface area contributed by atoms with Gasteiger partial charge < -0.3 is 19.7 Å². The van der Waals surface area contributed by atoms with E-state index in [1.807, 2.05) is 29.8 Å². The molecule has 128 valence electrons. The number of carboxylic acid groups (broad SMARTS) is 1. The van der Waals surface area contributed by atoms with Gasteiger partial charge in [-0.3, -0.25) is 4.79 Å². The van der Waals surface area contributed by atoms with Crippen LogP contribution < -0.4 is 10.1 Å². The first-order valence-electron chi connectivity index (χ1n) is 7.57. The van der Waals surface area contributed by atoms with Crippen molar-refractivity contribution in [1.82, 2.24) is 9.88 Å². The van der Waals surface area contributed by atoms with Gasteiger partial charge in [0.05, 0.1) is 0 Å². The molecule has 1 amide bonds. The molecule has 1 aromatic carbocycles. The number of benzene rings is 1. The molecule has 0 unspecified atom stereocenters. The van der Waals surface area contributed by atoms with E-state index in [4.69, 9.17) is 9.84 Å². The number of aryl methyl sites for hydroxylation is 1. The van der Waals surface area contributed by atoms with Crippen LogP contribution in [0.15, 0.2) is 41.0 Å². The predicted octanol–water partition coefficient (Wildman–Crippen LogP) is 2.71. The largest absolute Gasteiger partial charge is 0.482 e. The number of rotatable bonds is 8. The highest BCUT2D eigenvalue weighted by Crippen LogP contribution is 2.15. The summed E-state index contributed by atoms with van der Waals surface area (Å²) >= 11 is 3.38. The molecular formula is C17H19BrN2O4. The van der Waals surface area contributed by atoms with Crippen LogP contribution in [0.2, 0.25) is 0 Å². The summed E-state index contributed by atoms with van der Waals surface area (Å²) in [4.78, 5) is 22.6. The van der Waals surface area contributed by atoms with Crippen molar-refractivity contribution in [2.45, 2.75) is 19.9 Å². The van der Waals surface area contributed by atoms with Gasteiger partial charge in [-0.2, -0.15) is 0 Å². The van der Waals surface area contributed by atoms with Gasteiger partial charge in [-0.05, 0) is 53.0 Å². The number of carbonyl (C=O) groups is 2. The Kier molecular flexibility index (Phi) is 6.43. The Morgan fingerprint density at radius 1 is 1.29 bits per heavy atom. The fourth-order valence-corrected chi connectivity index (χ4v) is 2.70. The normalized spacial score (nSPS) is 10.4. The summed E-state index contributed by atoms with van der Waals surface area (Å²) in [5.74, 6) is -0.606. The number of hydrogen-bond donors (Lipinski definition) is 2. The van der Waals surface area contributed by atoms with E-state index in [0.29, 0.717) is 24.4 Å². The lowest BCUT2D eigenvalue weighted by molar-refractivity contribution is -0.139. The zero-order valence-electron chi connectivity index (χ0n) is 13.3. The zero-order chi connectivity index (χ0) is 17.5. The van der Waals surface area contributed by atoms with Crippen molar-refractivity contribution in [3.05, 3.63) is 52.3 Å². The summed E-state index contributed by atoms with van der Waals surface area (Å²) in [5.41, 5.74) is 1.66. The summed E-state index contributed by atoms with van der Waals surface area (Å²) in [6.45, 7) is 2.87. The second-order valence-electron chi connectivity index (χ2n) is 5.16. The summed E-state index contributed by atoms with van der Waals surface area (Å²) in [6, 6.07) is 8.95. The van der Waals surface area contributed by atoms with E-state index in [-0.39, 0.29) is 12.5 Å². The summed E-state index contributed by atoms with van der Waals surface area (Å²) < 4.78 is 7.84. The molecule has 1 aromatic heterocycles. The van der Waals surface area contributed by atoms with Gasteiger partial charge in [0.2, 0.25) is 0 Å². The van der Waals surface area contributed by atoms with Crippen molar-refractivity contribution in [1.29, 1.82) is 0 Å². The molecule has 0 aliphatic rings. The van der Waals surface area contributed by atoms with Crippen molar-refractivity contribution < 1.29 is 19.4 Å². The number of amides is 1. The lowest BCUT2D eigenvalue weighted by Gasteiger charge is -2.08. The number of ether oxygens (including phenoxy) is 1. The molecule has 0 atom stereocenters. The molecule has 0 radical (unpaired) electrons. The Morgan fingerprint density at radius 2 is 2.00 bits per heavy atom. The lowest BCUT2D eigenvalue weighted by atomic mass is 10.1. The van der Waals surface area contributed by atoms with Gasteiger partial charge in [0.1, 0.15) is 11.4 Å². The molecule has 6 nitrogen and oxygen atoms in total. The lowest BCUT2D eigenvalue weighted by Crippen LogP contribution is -2.27. The topological polar surface area (TPSA) is 80.6 Å². The Hall–Kier alpha value is -2.28. The first kappa shape index (κ1) is 18.1. The second-order valence-corrected chi connectivity index (χ2v) is 6.08. The average Bonchev–Trinajstić information content (AvgIpc) is 2.95. The minimum atomic E-state index is -1.01. The molecule has 0 saturated carbocycles. The number of aromatic nitrogens is 1.